The van der Waals surface area contributed by atoms with Crippen LogP contribution in [0.15, 0.2) is 6.07 Å². The van der Waals surface area contributed by atoms with Crippen molar-refractivity contribution < 1.29 is 4.74 Å². The molecule has 2 aliphatic rings. The van der Waals surface area contributed by atoms with Gasteiger partial charge in [-0.25, -0.2) is 0 Å². The molecule has 0 spiro atoms. The van der Waals surface area contributed by atoms with E-state index in [0.29, 0.717) is 6.04 Å². The molecule has 1 N–H and O–H groups in total. The molecular weight excluding hydrogens is 357 g/mol. The lowest BCUT2D eigenvalue weighted by Gasteiger charge is -2.29. The SMILES string of the molecule is CC1(CNC2CCCc3sc(I)cc32)CCCO1. The van der Waals surface area contributed by atoms with Crippen LogP contribution >= 0.6 is 33.9 Å². The molecule has 2 atom stereocenters. The number of halogens is 1. The van der Waals surface area contributed by atoms with Crippen molar-refractivity contribution in [2.24, 2.45) is 0 Å². The molecule has 1 aromatic rings. The molecule has 1 aliphatic heterocycles. The molecule has 1 aromatic heterocycles. The predicted molar refractivity (Wildman–Crippen MR) is 84.3 cm³/mol. The summed E-state index contributed by atoms with van der Waals surface area (Å²) in [7, 11) is 0. The molecule has 2 nitrogen and oxygen atoms in total. The van der Waals surface area contributed by atoms with Gasteiger partial charge in [-0.15, -0.1) is 11.3 Å². The molecule has 100 valence electrons. The first-order chi connectivity index (χ1) is 8.66. The molecule has 2 unspecified atom stereocenters. The maximum Gasteiger partial charge on any atom is 0.0779 e. The first-order valence-corrected chi connectivity index (χ1v) is 8.71. The number of rotatable bonds is 3. The largest absolute Gasteiger partial charge is 0.374 e. The molecule has 1 saturated heterocycles. The summed E-state index contributed by atoms with van der Waals surface area (Å²) in [6.07, 6.45) is 6.27. The van der Waals surface area contributed by atoms with Gasteiger partial charge in [-0.2, -0.15) is 0 Å². The first-order valence-electron chi connectivity index (χ1n) is 6.82. The van der Waals surface area contributed by atoms with Gasteiger partial charge >= 0.3 is 0 Å². The Balaban J connectivity index is 1.67. The Morgan fingerprint density at radius 1 is 1.56 bits per heavy atom. The third-order valence-corrected chi connectivity index (χ3v) is 6.08. The summed E-state index contributed by atoms with van der Waals surface area (Å²) in [4.78, 5) is 1.60. The van der Waals surface area contributed by atoms with E-state index in [0.717, 1.165) is 13.2 Å². The quantitative estimate of drug-likeness (QED) is 0.808. The summed E-state index contributed by atoms with van der Waals surface area (Å²) in [6.45, 7) is 4.17. The highest BCUT2D eigenvalue weighted by Gasteiger charge is 2.31. The van der Waals surface area contributed by atoms with Crippen LogP contribution in [-0.4, -0.2) is 18.8 Å². The Labute approximate surface area is 127 Å². The number of hydrogen-bond donors (Lipinski definition) is 1. The van der Waals surface area contributed by atoms with Crippen molar-refractivity contribution in [3.8, 4) is 0 Å². The second-order valence-corrected chi connectivity index (χ2v) is 8.69. The second-order valence-electron chi connectivity index (χ2n) is 5.66. The van der Waals surface area contributed by atoms with Gasteiger partial charge in [-0.1, -0.05) is 0 Å². The summed E-state index contributed by atoms with van der Waals surface area (Å²) in [5.41, 5.74) is 1.62. The van der Waals surface area contributed by atoms with Crippen LogP contribution in [0, 0.1) is 2.88 Å². The number of hydrogen-bond acceptors (Lipinski definition) is 3. The predicted octanol–water partition coefficient (Wildman–Crippen LogP) is 3.89. The average molecular weight is 377 g/mol. The van der Waals surface area contributed by atoms with Gasteiger partial charge in [0.05, 0.1) is 8.48 Å². The monoisotopic (exact) mass is 377 g/mol. The second kappa shape index (κ2) is 5.38. The number of nitrogens with one attached hydrogen (secondary N) is 1. The van der Waals surface area contributed by atoms with Crippen molar-refractivity contribution in [1.29, 1.82) is 0 Å². The van der Waals surface area contributed by atoms with E-state index in [-0.39, 0.29) is 5.60 Å². The molecule has 1 aliphatic carbocycles. The lowest BCUT2D eigenvalue weighted by atomic mass is 9.93. The van der Waals surface area contributed by atoms with Gasteiger partial charge in [-0.05, 0) is 73.2 Å². The van der Waals surface area contributed by atoms with Crippen molar-refractivity contribution in [3.63, 3.8) is 0 Å². The molecule has 4 heteroatoms. The normalized spacial score (nSPS) is 31.6. The molecule has 1 fully saturated rings. The molecule has 0 aromatic carbocycles. The van der Waals surface area contributed by atoms with Crippen molar-refractivity contribution in [3.05, 3.63) is 19.4 Å². The summed E-state index contributed by atoms with van der Waals surface area (Å²) in [5, 5.41) is 3.75. The van der Waals surface area contributed by atoms with Gasteiger partial charge in [0.2, 0.25) is 0 Å². The molecule has 0 radical (unpaired) electrons. The van der Waals surface area contributed by atoms with Crippen LogP contribution in [0.3, 0.4) is 0 Å². The van der Waals surface area contributed by atoms with Crippen LogP contribution < -0.4 is 5.32 Å². The number of fused-ring (bicyclic) bond motifs is 1. The van der Waals surface area contributed by atoms with Crippen molar-refractivity contribution >= 4 is 33.9 Å². The third kappa shape index (κ3) is 2.76. The standard InChI is InChI=1S/C14H20INOS/c1-14(6-3-7-17-14)9-16-11-4-2-5-12-10(11)8-13(15)18-12/h8,11,16H,2-7,9H2,1H3. The highest BCUT2D eigenvalue weighted by atomic mass is 127. The van der Waals surface area contributed by atoms with Gasteiger partial charge in [-0.3, -0.25) is 0 Å². The molecule has 0 amide bonds. The van der Waals surface area contributed by atoms with Gasteiger partial charge < -0.3 is 10.1 Å². The summed E-state index contributed by atoms with van der Waals surface area (Å²) >= 11 is 4.41. The number of thiophene rings is 1. The molecule has 2 heterocycles. The van der Waals surface area contributed by atoms with Gasteiger partial charge in [0.15, 0.2) is 0 Å². The molecule has 0 saturated carbocycles. The fraction of sp³-hybridized carbons (Fsp3) is 0.714. The Bertz CT molecular complexity index is 425. The third-order valence-electron chi connectivity index (χ3n) is 4.11. The van der Waals surface area contributed by atoms with Crippen molar-refractivity contribution in [2.75, 3.05) is 13.2 Å². The van der Waals surface area contributed by atoms with Crippen LogP contribution in [0.4, 0.5) is 0 Å². The summed E-state index contributed by atoms with van der Waals surface area (Å²) in [5.74, 6) is 0. The minimum atomic E-state index is 0.0702. The van der Waals surface area contributed by atoms with Crippen LogP contribution in [0.2, 0.25) is 0 Å². The van der Waals surface area contributed by atoms with Crippen molar-refractivity contribution in [2.45, 2.75) is 50.7 Å². The average Bonchev–Trinajstić information content (AvgIpc) is 2.92. The highest BCUT2D eigenvalue weighted by molar-refractivity contribution is 14.1. The number of aryl methyl sites for hydroxylation is 1. The van der Waals surface area contributed by atoms with E-state index in [1.165, 1.54) is 35.0 Å². The highest BCUT2D eigenvalue weighted by Crippen LogP contribution is 2.36. The minimum absolute atomic E-state index is 0.0702. The zero-order chi connectivity index (χ0) is 12.6. The molecular formula is C14H20INOS. The van der Waals surface area contributed by atoms with Crippen LogP contribution in [0.5, 0.6) is 0 Å². The fourth-order valence-electron chi connectivity index (χ4n) is 3.05. The maximum absolute atomic E-state index is 5.86. The molecule has 3 rings (SSSR count). The van der Waals surface area contributed by atoms with Gasteiger partial charge in [0.1, 0.15) is 0 Å². The van der Waals surface area contributed by atoms with Crippen molar-refractivity contribution in [1.82, 2.24) is 5.32 Å². The van der Waals surface area contributed by atoms with E-state index >= 15 is 0 Å². The number of ether oxygens (including phenoxy) is 1. The van der Waals surface area contributed by atoms with Crippen LogP contribution in [0.25, 0.3) is 0 Å². The lowest BCUT2D eigenvalue weighted by Crippen LogP contribution is -2.39. The Hall–Kier alpha value is 0.350. The van der Waals surface area contributed by atoms with E-state index in [9.17, 15) is 0 Å². The van der Waals surface area contributed by atoms with E-state index in [1.807, 2.05) is 11.3 Å². The zero-order valence-corrected chi connectivity index (χ0v) is 13.8. The maximum atomic E-state index is 5.86. The smallest absolute Gasteiger partial charge is 0.0779 e. The lowest BCUT2D eigenvalue weighted by molar-refractivity contribution is 0.0183. The minimum Gasteiger partial charge on any atom is -0.374 e. The Morgan fingerprint density at radius 3 is 3.22 bits per heavy atom. The Kier molecular flexibility index (Phi) is 3.99. The van der Waals surface area contributed by atoms with E-state index in [1.54, 1.807) is 10.4 Å². The van der Waals surface area contributed by atoms with Gasteiger partial charge in [0, 0.05) is 24.1 Å². The Morgan fingerprint density at radius 2 is 2.44 bits per heavy atom. The van der Waals surface area contributed by atoms with Crippen LogP contribution in [0.1, 0.15) is 49.1 Å². The zero-order valence-electron chi connectivity index (χ0n) is 10.8. The van der Waals surface area contributed by atoms with E-state index in [4.69, 9.17) is 4.74 Å². The fourth-order valence-corrected chi connectivity index (χ4v) is 5.17. The van der Waals surface area contributed by atoms with E-state index < -0.39 is 0 Å². The summed E-state index contributed by atoms with van der Waals surface area (Å²) < 4.78 is 7.29. The molecule has 18 heavy (non-hydrogen) atoms. The van der Waals surface area contributed by atoms with E-state index in [2.05, 4.69) is 40.9 Å². The first kappa shape index (κ1) is 13.3. The summed E-state index contributed by atoms with van der Waals surface area (Å²) in [6, 6.07) is 2.92. The van der Waals surface area contributed by atoms with Crippen LogP contribution in [-0.2, 0) is 11.2 Å². The van der Waals surface area contributed by atoms with Gasteiger partial charge in [0.25, 0.3) is 0 Å². The molecule has 0 bridgehead atoms. The topological polar surface area (TPSA) is 21.3 Å².